The summed E-state index contributed by atoms with van der Waals surface area (Å²) in [5.74, 6) is 0.0694. The lowest BCUT2D eigenvalue weighted by atomic mass is 10.1. The molecule has 0 amide bonds. The Kier molecular flexibility index (Phi) is 2.37. The monoisotopic (exact) mass is 194 g/mol. The van der Waals surface area contributed by atoms with Crippen LogP contribution >= 0.6 is 0 Å². The molecule has 1 aromatic heterocycles. The van der Waals surface area contributed by atoms with Crippen molar-refractivity contribution >= 4 is 5.78 Å². The molecule has 1 atom stereocenters. The maximum absolute atomic E-state index is 12.0. The molecule has 0 bridgehead atoms. The van der Waals surface area contributed by atoms with Crippen molar-refractivity contribution < 1.29 is 9.53 Å². The molecule has 2 rings (SSSR count). The highest BCUT2D eigenvalue weighted by Crippen LogP contribution is 2.18. The second-order valence-electron chi connectivity index (χ2n) is 3.67. The standard InChI is InChI=1S/C10H14N2O2/c1-7-6-11-12(2)9(7)10(13)8-4-3-5-14-8/h6,8H,3-5H2,1-2H3. The fourth-order valence-corrected chi connectivity index (χ4v) is 1.84. The van der Waals surface area contributed by atoms with Crippen LogP contribution in [0.2, 0.25) is 0 Å². The minimum Gasteiger partial charge on any atom is -0.370 e. The second kappa shape index (κ2) is 3.53. The number of ketones is 1. The number of hydrogen-bond donors (Lipinski definition) is 0. The highest BCUT2D eigenvalue weighted by molar-refractivity contribution is 5.99. The number of aromatic nitrogens is 2. The Morgan fingerprint density at radius 1 is 1.71 bits per heavy atom. The van der Waals surface area contributed by atoms with Gasteiger partial charge in [0.25, 0.3) is 0 Å². The van der Waals surface area contributed by atoms with Crippen molar-refractivity contribution in [3.63, 3.8) is 0 Å². The van der Waals surface area contributed by atoms with Crippen molar-refractivity contribution in [1.29, 1.82) is 0 Å². The number of aryl methyl sites for hydroxylation is 2. The van der Waals surface area contributed by atoms with E-state index in [-0.39, 0.29) is 11.9 Å². The summed E-state index contributed by atoms with van der Waals surface area (Å²) in [6.45, 7) is 2.60. The van der Waals surface area contributed by atoms with Gasteiger partial charge in [-0.15, -0.1) is 0 Å². The third kappa shape index (κ3) is 1.46. The van der Waals surface area contributed by atoms with Gasteiger partial charge in [0.05, 0.1) is 6.20 Å². The summed E-state index contributed by atoms with van der Waals surface area (Å²) in [7, 11) is 1.79. The molecule has 0 spiro atoms. The predicted molar refractivity (Wildman–Crippen MR) is 51.2 cm³/mol. The Morgan fingerprint density at radius 2 is 2.50 bits per heavy atom. The number of rotatable bonds is 2. The van der Waals surface area contributed by atoms with E-state index in [0.29, 0.717) is 12.3 Å². The zero-order valence-corrected chi connectivity index (χ0v) is 8.49. The van der Waals surface area contributed by atoms with Gasteiger partial charge in [0.1, 0.15) is 11.8 Å². The van der Waals surface area contributed by atoms with Crippen molar-refractivity contribution in [1.82, 2.24) is 9.78 Å². The Labute approximate surface area is 82.9 Å². The van der Waals surface area contributed by atoms with Gasteiger partial charge in [-0.25, -0.2) is 0 Å². The summed E-state index contributed by atoms with van der Waals surface area (Å²) in [5, 5.41) is 4.05. The summed E-state index contributed by atoms with van der Waals surface area (Å²) in [5.41, 5.74) is 1.60. The molecule has 1 aliphatic rings. The van der Waals surface area contributed by atoms with E-state index in [2.05, 4.69) is 5.10 Å². The van der Waals surface area contributed by atoms with Gasteiger partial charge >= 0.3 is 0 Å². The van der Waals surface area contributed by atoms with Crippen LogP contribution in [-0.4, -0.2) is 28.3 Å². The molecule has 1 aliphatic heterocycles. The molecule has 0 saturated carbocycles. The first-order valence-electron chi connectivity index (χ1n) is 4.84. The largest absolute Gasteiger partial charge is 0.370 e. The molecule has 1 fully saturated rings. The summed E-state index contributed by atoms with van der Waals surface area (Å²) in [6, 6.07) is 0. The third-order valence-electron chi connectivity index (χ3n) is 2.58. The van der Waals surface area contributed by atoms with Gasteiger partial charge in [-0.2, -0.15) is 5.10 Å². The Morgan fingerprint density at radius 3 is 3.00 bits per heavy atom. The molecule has 1 unspecified atom stereocenters. The summed E-state index contributed by atoms with van der Waals surface area (Å²) >= 11 is 0. The van der Waals surface area contributed by atoms with Crippen molar-refractivity contribution in [2.45, 2.75) is 25.9 Å². The van der Waals surface area contributed by atoms with Gasteiger partial charge in [-0.05, 0) is 25.3 Å². The molecule has 0 radical (unpaired) electrons. The van der Waals surface area contributed by atoms with E-state index in [1.54, 1.807) is 17.9 Å². The molecule has 4 heteroatoms. The van der Waals surface area contributed by atoms with Crippen LogP contribution in [0.1, 0.15) is 28.9 Å². The number of nitrogens with zero attached hydrogens (tertiary/aromatic N) is 2. The first-order valence-corrected chi connectivity index (χ1v) is 4.84. The third-order valence-corrected chi connectivity index (χ3v) is 2.58. The highest BCUT2D eigenvalue weighted by atomic mass is 16.5. The fraction of sp³-hybridized carbons (Fsp3) is 0.600. The highest BCUT2D eigenvalue weighted by Gasteiger charge is 2.27. The SMILES string of the molecule is Cc1cnn(C)c1C(=O)C1CCCO1. The summed E-state index contributed by atoms with van der Waals surface area (Å²) in [6.07, 6.45) is 3.28. The molecule has 0 N–H and O–H groups in total. The minimum atomic E-state index is -0.246. The van der Waals surface area contributed by atoms with E-state index < -0.39 is 0 Å². The molecular weight excluding hydrogens is 180 g/mol. The van der Waals surface area contributed by atoms with Crippen LogP contribution in [-0.2, 0) is 11.8 Å². The topological polar surface area (TPSA) is 44.1 Å². The van der Waals surface area contributed by atoms with E-state index in [1.807, 2.05) is 6.92 Å². The lowest BCUT2D eigenvalue weighted by Crippen LogP contribution is -2.22. The Balaban J connectivity index is 2.25. The lowest BCUT2D eigenvalue weighted by molar-refractivity contribution is 0.0632. The predicted octanol–water partition coefficient (Wildman–Crippen LogP) is 1.09. The minimum absolute atomic E-state index is 0.0694. The first-order chi connectivity index (χ1) is 6.70. The fourth-order valence-electron chi connectivity index (χ4n) is 1.84. The number of carbonyl (C=O) groups excluding carboxylic acids is 1. The summed E-state index contributed by atoms with van der Waals surface area (Å²) in [4.78, 5) is 12.0. The normalized spacial score (nSPS) is 21.4. The van der Waals surface area contributed by atoms with E-state index in [9.17, 15) is 4.79 Å². The van der Waals surface area contributed by atoms with Gasteiger partial charge in [-0.1, -0.05) is 0 Å². The molecule has 1 aromatic rings. The molecule has 76 valence electrons. The molecule has 0 aliphatic carbocycles. The van der Waals surface area contributed by atoms with Gasteiger partial charge in [0.2, 0.25) is 5.78 Å². The number of hydrogen-bond acceptors (Lipinski definition) is 3. The summed E-state index contributed by atoms with van der Waals surface area (Å²) < 4.78 is 6.98. The van der Waals surface area contributed by atoms with Crippen LogP contribution < -0.4 is 0 Å². The van der Waals surface area contributed by atoms with Crippen molar-refractivity contribution in [2.24, 2.45) is 7.05 Å². The zero-order chi connectivity index (χ0) is 10.1. The number of ether oxygens (including phenoxy) is 1. The van der Waals surface area contributed by atoms with Crippen LogP contribution in [0.3, 0.4) is 0 Å². The number of Topliss-reactive ketones (excluding diaryl/α,β-unsaturated/α-hetero) is 1. The molecule has 1 saturated heterocycles. The van der Waals surface area contributed by atoms with E-state index in [1.165, 1.54) is 0 Å². The first kappa shape index (κ1) is 9.40. The molecule has 2 heterocycles. The van der Waals surface area contributed by atoms with Crippen LogP contribution in [0.5, 0.6) is 0 Å². The van der Waals surface area contributed by atoms with E-state index in [0.717, 1.165) is 18.4 Å². The maximum atomic E-state index is 12.0. The van der Waals surface area contributed by atoms with Crippen LogP contribution in [0, 0.1) is 6.92 Å². The van der Waals surface area contributed by atoms with Gasteiger partial charge in [-0.3, -0.25) is 9.48 Å². The average Bonchev–Trinajstić information content (AvgIpc) is 2.75. The van der Waals surface area contributed by atoms with Crippen LogP contribution in [0.15, 0.2) is 6.20 Å². The second-order valence-corrected chi connectivity index (χ2v) is 3.67. The van der Waals surface area contributed by atoms with Gasteiger partial charge in [0, 0.05) is 13.7 Å². The van der Waals surface area contributed by atoms with Crippen LogP contribution in [0.25, 0.3) is 0 Å². The van der Waals surface area contributed by atoms with Crippen molar-refractivity contribution in [3.8, 4) is 0 Å². The molecule has 0 aromatic carbocycles. The van der Waals surface area contributed by atoms with Gasteiger partial charge in [0.15, 0.2) is 0 Å². The van der Waals surface area contributed by atoms with E-state index >= 15 is 0 Å². The van der Waals surface area contributed by atoms with Crippen molar-refractivity contribution in [2.75, 3.05) is 6.61 Å². The molecule has 14 heavy (non-hydrogen) atoms. The number of carbonyl (C=O) groups is 1. The quantitative estimate of drug-likeness (QED) is 0.662. The molecular formula is C10H14N2O2. The Bertz CT molecular complexity index is 332. The Hall–Kier alpha value is -1.16. The average molecular weight is 194 g/mol. The molecule has 4 nitrogen and oxygen atoms in total. The van der Waals surface area contributed by atoms with Gasteiger partial charge < -0.3 is 4.74 Å². The van der Waals surface area contributed by atoms with E-state index in [4.69, 9.17) is 4.74 Å². The zero-order valence-electron chi connectivity index (χ0n) is 8.49. The smallest absolute Gasteiger partial charge is 0.209 e. The van der Waals surface area contributed by atoms with Crippen molar-refractivity contribution in [3.05, 3.63) is 17.5 Å². The lowest BCUT2D eigenvalue weighted by Gasteiger charge is -2.08. The van der Waals surface area contributed by atoms with Crippen LogP contribution in [0.4, 0.5) is 0 Å². The maximum Gasteiger partial charge on any atom is 0.209 e.